The van der Waals surface area contributed by atoms with E-state index >= 15 is 0 Å². The average Bonchev–Trinajstić information content (AvgIpc) is 3.11. The summed E-state index contributed by atoms with van der Waals surface area (Å²) in [5.74, 6) is -0.289. The summed E-state index contributed by atoms with van der Waals surface area (Å²) in [6.07, 6.45) is 2.68. The molecule has 2 heterocycles. The summed E-state index contributed by atoms with van der Waals surface area (Å²) in [4.78, 5) is 30.3. The van der Waals surface area contributed by atoms with Crippen molar-refractivity contribution in [2.24, 2.45) is 0 Å². The van der Waals surface area contributed by atoms with E-state index in [4.69, 9.17) is 0 Å². The van der Waals surface area contributed by atoms with E-state index in [1.807, 2.05) is 66.9 Å². The molecular formula is C23H24N4O2. The number of hydrogen-bond donors (Lipinski definition) is 2. The number of benzene rings is 2. The predicted octanol–water partition coefficient (Wildman–Crippen LogP) is 4.34. The molecule has 0 unspecified atom stereocenters. The van der Waals surface area contributed by atoms with Crippen LogP contribution in [0.4, 0.5) is 11.4 Å². The van der Waals surface area contributed by atoms with Crippen LogP contribution in [0.3, 0.4) is 0 Å². The number of nitrogens with one attached hydrogen (secondary N) is 2. The van der Waals surface area contributed by atoms with Gasteiger partial charge in [0, 0.05) is 17.9 Å². The van der Waals surface area contributed by atoms with Crippen molar-refractivity contribution in [2.45, 2.75) is 39.7 Å². The van der Waals surface area contributed by atoms with Gasteiger partial charge in [-0.15, -0.1) is 0 Å². The van der Waals surface area contributed by atoms with Crippen LogP contribution >= 0.6 is 0 Å². The number of aryl methyl sites for hydroxylation is 2. The Kier molecular flexibility index (Phi) is 5.16. The molecule has 0 atom stereocenters. The molecule has 2 amide bonds. The van der Waals surface area contributed by atoms with E-state index in [0.717, 1.165) is 41.8 Å². The highest BCUT2D eigenvalue weighted by molar-refractivity contribution is 6.07. The summed E-state index contributed by atoms with van der Waals surface area (Å²) in [6, 6.07) is 15.2. The molecule has 1 aliphatic heterocycles. The first kappa shape index (κ1) is 18.9. The quantitative estimate of drug-likeness (QED) is 0.698. The van der Waals surface area contributed by atoms with Gasteiger partial charge in [0.15, 0.2) is 11.5 Å². The molecule has 2 N–H and O–H groups in total. The van der Waals surface area contributed by atoms with Gasteiger partial charge in [0.2, 0.25) is 0 Å². The van der Waals surface area contributed by atoms with Crippen LogP contribution in [0.2, 0.25) is 0 Å². The summed E-state index contributed by atoms with van der Waals surface area (Å²) in [5, 5.41) is 5.83. The summed E-state index contributed by atoms with van der Waals surface area (Å²) < 4.78 is 1.89. The van der Waals surface area contributed by atoms with Crippen LogP contribution in [0, 0.1) is 13.8 Å². The zero-order valence-electron chi connectivity index (χ0n) is 16.7. The van der Waals surface area contributed by atoms with Crippen LogP contribution in [0.1, 0.15) is 50.8 Å². The number of imidazole rings is 1. The maximum Gasteiger partial charge on any atom is 0.291 e. The van der Waals surface area contributed by atoms with Gasteiger partial charge in [-0.25, -0.2) is 4.98 Å². The minimum Gasteiger partial charge on any atom is -0.323 e. The third kappa shape index (κ3) is 3.92. The molecule has 148 valence electrons. The lowest BCUT2D eigenvalue weighted by molar-refractivity contribution is 0.101. The number of amides is 2. The smallest absolute Gasteiger partial charge is 0.291 e. The first-order valence-electron chi connectivity index (χ1n) is 9.87. The van der Waals surface area contributed by atoms with Gasteiger partial charge in [0.25, 0.3) is 11.8 Å². The van der Waals surface area contributed by atoms with E-state index in [9.17, 15) is 9.59 Å². The van der Waals surface area contributed by atoms with Crippen molar-refractivity contribution >= 4 is 23.2 Å². The standard InChI is InChI=1S/C23H24N4O2/c1-15-10-12-17(13-11-15)24-22(28)20-19-9-5-6-14-27(19)21(26-20)23(29)25-18-8-4-3-7-16(18)2/h3-4,7-8,10-13H,5-6,9,14H2,1-2H3,(H,24,28)(H,25,29). The molecule has 6 heteroatoms. The fourth-order valence-corrected chi connectivity index (χ4v) is 3.62. The highest BCUT2D eigenvalue weighted by atomic mass is 16.2. The highest BCUT2D eigenvalue weighted by Crippen LogP contribution is 2.23. The third-order valence-electron chi connectivity index (χ3n) is 5.24. The first-order valence-corrected chi connectivity index (χ1v) is 9.87. The van der Waals surface area contributed by atoms with Gasteiger partial charge in [0.05, 0.1) is 5.69 Å². The van der Waals surface area contributed by atoms with E-state index < -0.39 is 0 Å². The van der Waals surface area contributed by atoms with E-state index in [1.54, 1.807) is 0 Å². The molecule has 0 radical (unpaired) electrons. The van der Waals surface area contributed by atoms with Crippen molar-refractivity contribution in [1.82, 2.24) is 9.55 Å². The Bertz CT molecular complexity index is 1070. The molecule has 0 aliphatic carbocycles. The first-order chi connectivity index (χ1) is 14.0. The molecular weight excluding hydrogens is 364 g/mol. The second-order valence-corrected chi connectivity index (χ2v) is 7.43. The molecule has 0 spiro atoms. The Morgan fingerprint density at radius 1 is 0.931 bits per heavy atom. The SMILES string of the molecule is Cc1ccc(NC(=O)c2nc(C(=O)Nc3ccccc3C)n3c2CCCC3)cc1. The summed E-state index contributed by atoms with van der Waals surface area (Å²) in [5.41, 5.74) is 4.72. The van der Waals surface area contributed by atoms with Crippen molar-refractivity contribution in [1.29, 1.82) is 0 Å². The second kappa shape index (κ2) is 7.91. The Morgan fingerprint density at radius 3 is 2.45 bits per heavy atom. The minimum absolute atomic E-state index is 0.283. The normalized spacial score (nSPS) is 12.9. The Balaban J connectivity index is 1.63. The largest absolute Gasteiger partial charge is 0.323 e. The fraction of sp³-hybridized carbons (Fsp3) is 0.261. The number of para-hydroxylation sites is 1. The van der Waals surface area contributed by atoms with Crippen molar-refractivity contribution in [3.8, 4) is 0 Å². The molecule has 0 fully saturated rings. The van der Waals surface area contributed by atoms with Gasteiger partial charge in [0.1, 0.15) is 0 Å². The van der Waals surface area contributed by atoms with Crippen LogP contribution in [0.25, 0.3) is 0 Å². The Morgan fingerprint density at radius 2 is 1.69 bits per heavy atom. The number of carbonyl (C=O) groups is 2. The number of aromatic nitrogens is 2. The Labute approximate surface area is 170 Å². The maximum absolute atomic E-state index is 12.9. The summed E-state index contributed by atoms with van der Waals surface area (Å²) in [7, 11) is 0. The molecule has 0 saturated carbocycles. The number of anilines is 2. The van der Waals surface area contributed by atoms with Crippen molar-refractivity contribution in [3.63, 3.8) is 0 Å². The van der Waals surface area contributed by atoms with Gasteiger partial charge < -0.3 is 15.2 Å². The minimum atomic E-state index is -0.295. The zero-order valence-corrected chi connectivity index (χ0v) is 16.7. The average molecular weight is 388 g/mol. The number of carbonyl (C=O) groups excluding carboxylic acids is 2. The molecule has 2 aromatic carbocycles. The maximum atomic E-state index is 12.9. The monoisotopic (exact) mass is 388 g/mol. The van der Waals surface area contributed by atoms with Crippen LogP contribution in [0.15, 0.2) is 48.5 Å². The van der Waals surface area contributed by atoms with Crippen LogP contribution in [0.5, 0.6) is 0 Å². The van der Waals surface area contributed by atoms with Crippen molar-refractivity contribution in [3.05, 3.63) is 76.9 Å². The molecule has 29 heavy (non-hydrogen) atoms. The molecule has 0 saturated heterocycles. The molecule has 6 nitrogen and oxygen atoms in total. The zero-order chi connectivity index (χ0) is 20.4. The van der Waals surface area contributed by atoms with E-state index in [1.165, 1.54) is 0 Å². The topological polar surface area (TPSA) is 76.0 Å². The van der Waals surface area contributed by atoms with Gasteiger partial charge >= 0.3 is 0 Å². The second-order valence-electron chi connectivity index (χ2n) is 7.43. The highest BCUT2D eigenvalue weighted by Gasteiger charge is 2.27. The van der Waals surface area contributed by atoms with Crippen LogP contribution in [-0.2, 0) is 13.0 Å². The lowest BCUT2D eigenvalue weighted by atomic mass is 10.1. The number of rotatable bonds is 4. The third-order valence-corrected chi connectivity index (χ3v) is 5.24. The lowest BCUT2D eigenvalue weighted by Gasteiger charge is -2.17. The molecule has 1 aliphatic rings. The summed E-state index contributed by atoms with van der Waals surface area (Å²) >= 11 is 0. The van der Waals surface area contributed by atoms with Crippen LogP contribution < -0.4 is 10.6 Å². The van der Waals surface area contributed by atoms with Gasteiger partial charge in [-0.1, -0.05) is 35.9 Å². The molecule has 1 aromatic heterocycles. The molecule has 0 bridgehead atoms. The van der Waals surface area contributed by atoms with Crippen molar-refractivity contribution in [2.75, 3.05) is 10.6 Å². The van der Waals surface area contributed by atoms with Crippen LogP contribution in [-0.4, -0.2) is 21.4 Å². The van der Waals surface area contributed by atoms with E-state index in [0.29, 0.717) is 17.9 Å². The van der Waals surface area contributed by atoms with Gasteiger partial charge in [-0.05, 0) is 56.9 Å². The van der Waals surface area contributed by atoms with E-state index in [2.05, 4.69) is 15.6 Å². The molecule has 4 rings (SSSR count). The fourth-order valence-electron chi connectivity index (χ4n) is 3.62. The number of nitrogens with zero attached hydrogens (tertiary/aromatic N) is 2. The van der Waals surface area contributed by atoms with E-state index in [-0.39, 0.29) is 17.6 Å². The Hall–Kier alpha value is -3.41. The lowest BCUT2D eigenvalue weighted by Crippen LogP contribution is -2.21. The van der Waals surface area contributed by atoms with Gasteiger partial charge in [-0.3, -0.25) is 9.59 Å². The van der Waals surface area contributed by atoms with Crippen molar-refractivity contribution < 1.29 is 9.59 Å². The molecule has 3 aromatic rings. The number of hydrogen-bond acceptors (Lipinski definition) is 3. The predicted molar refractivity (Wildman–Crippen MR) is 113 cm³/mol. The summed E-state index contributed by atoms with van der Waals surface area (Å²) in [6.45, 7) is 4.63. The number of fused-ring (bicyclic) bond motifs is 1. The van der Waals surface area contributed by atoms with Gasteiger partial charge in [-0.2, -0.15) is 0 Å².